The third-order valence-electron chi connectivity index (χ3n) is 2.44. The molecule has 0 spiro atoms. The number of likely N-dealkylation sites (N-methyl/N-ethyl adjacent to an activating group) is 1. The summed E-state index contributed by atoms with van der Waals surface area (Å²) < 4.78 is 42.2. The van der Waals surface area contributed by atoms with Crippen molar-refractivity contribution in [1.29, 1.82) is 0 Å². The van der Waals surface area contributed by atoms with Crippen LogP contribution in [-0.2, 0) is 14.6 Å². The fourth-order valence-electron chi connectivity index (χ4n) is 1.68. The standard InChI is InChI=1S/C12H18FNO3S/c1-3-14-11(8-17-2)9-18(15,16)12-6-4-5-10(13)7-12/h4-7,11,14H,3,8-9H2,1-2H3. The molecule has 1 rings (SSSR count). The monoisotopic (exact) mass is 275 g/mol. The molecule has 0 bridgehead atoms. The third-order valence-corrected chi connectivity index (χ3v) is 4.25. The summed E-state index contributed by atoms with van der Waals surface area (Å²) in [6, 6.07) is 4.74. The van der Waals surface area contributed by atoms with Crippen molar-refractivity contribution in [1.82, 2.24) is 5.32 Å². The average Bonchev–Trinajstić information content (AvgIpc) is 2.29. The van der Waals surface area contributed by atoms with E-state index >= 15 is 0 Å². The van der Waals surface area contributed by atoms with Gasteiger partial charge in [0.25, 0.3) is 0 Å². The molecule has 0 aliphatic rings. The maximum atomic E-state index is 13.0. The highest BCUT2D eigenvalue weighted by Crippen LogP contribution is 2.13. The van der Waals surface area contributed by atoms with Crippen molar-refractivity contribution < 1.29 is 17.5 Å². The van der Waals surface area contributed by atoms with Crippen molar-refractivity contribution in [2.24, 2.45) is 0 Å². The summed E-state index contributed by atoms with van der Waals surface area (Å²) in [5, 5.41) is 3.03. The first-order valence-electron chi connectivity index (χ1n) is 5.70. The van der Waals surface area contributed by atoms with Crippen LogP contribution >= 0.6 is 0 Å². The van der Waals surface area contributed by atoms with Crippen LogP contribution in [0.3, 0.4) is 0 Å². The van der Waals surface area contributed by atoms with Gasteiger partial charge in [-0.05, 0) is 24.7 Å². The van der Waals surface area contributed by atoms with Crippen molar-refractivity contribution >= 4 is 9.84 Å². The van der Waals surface area contributed by atoms with Crippen LogP contribution in [0.25, 0.3) is 0 Å². The van der Waals surface area contributed by atoms with Crippen LogP contribution in [0.15, 0.2) is 29.2 Å². The summed E-state index contributed by atoms with van der Waals surface area (Å²) in [5.41, 5.74) is 0. The predicted octanol–water partition coefficient (Wildman–Crippen LogP) is 1.22. The van der Waals surface area contributed by atoms with Gasteiger partial charge in [0.2, 0.25) is 0 Å². The fourth-order valence-corrected chi connectivity index (χ4v) is 3.19. The number of hydrogen-bond donors (Lipinski definition) is 1. The molecule has 0 aromatic heterocycles. The van der Waals surface area contributed by atoms with E-state index in [-0.39, 0.29) is 16.7 Å². The van der Waals surface area contributed by atoms with Crippen LogP contribution in [0.4, 0.5) is 4.39 Å². The van der Waals surface area contributed by atoms with E-state index in [0.717, 1.165) is 6.07 Å². The molecule has 1 unspecified atom stereocenters. The van der Waals surface area contributed by atoms with Gasteiger partial charge in [-0.15, -0.1) is 0 Å². The predicted molar refractivity (Wildman–Crippen MR) is 67.8 cm³/mol. The number of sulfone groups is 1. The summed E-state index contributed by atoms with van der Waals surface area (Å²) >= 11 is 0. The summed E-state index contributed by atoms with van der Waals surface area (Å²) in [4.78, 5) is 0.00139. The van der Waals surface area contributed by atoms with E-state index in [4.69, 9.17) is 4.74 Å². The highest BCUT2D eigenvalue weighted by Gasteiger charge is 2.21. The number of ether oxygens (including phenoxy) is 1. The van der Waals surface area contributed by atoms with E-state index in [9.17, 15) is 12.8 Å². The quantitative estimate of drug-likeness (QED) is 0.813. The summed E-state index contributed by atoms with van der Waals surface area (Å²) in [7, 11) is -2.00. The molecule has 0 saturated heterocycles. The van der Waals surface area contributed by atoms with Gasteiger partial charge in [-0.2, -0.15) is 0 Å². The lowest BCUT2D eigenvalue weighted by atomic mass is 10.3. The van der Waals surface area contributed by atoms with Gasteiger partial charge in [0.05, 0.1) is 17.3 Å². The van der Waals surface area contributed by atoms with Crippen LogP contribution in [0.1, 0.15) is 6.92 Å². The minimum absolute atomic E-state index is 0.00139. The SMILES string of the molecule is CCNC(COC)CS(=O)(=O)c1cccc(F)c1. The number of halogens is 1. The Bertz CT molecular complexity index is 470. The maximum Gasteiger partial charge on any atom is 0.180 e. The van der Waals surface area contributed by atoms with Gasteiger partial charge in [-0.3, -0.25) is 0 Å². The van der Waals surface area contributed by atoms with Crippen LogP contribution < -0.4 is 5.32 Å². The van der Waals surface area contributed by atoms with E-state index in [2.05, 4.69) is 5.32 Å². The third kappa shape index (κ3) is 4.36. The lowest BCUT2D eigenvalue weighted by molar-refractivity contribution is 0.174. The molecule has 0 aliphatic carbocycles. The van der Waals surface area contributed by atoms with Gasteiger partial charge in [0.15, 0.2) is 9.84 Å². The van der Waals surface area contributed by atoms with E-state index in [1.165, 1.54) is 25.3 Å². The van der Waals surface area contributed by atoms with Gasteiger partial charge < -0.3 is 10.1 Å². The molecule has 0 heterocycles. The van der Waals surface area contributed by atoms with Crippen molar-refractivity contribution in [3.8, 4) is 0 Å². The first-order chi connectivity index (χ1) is 8.49. The lowest BCUT2D eigenvalue weighted by Gasteiger charge is -2.16. The molecular weight excluding hydrogens is 257 g/mol. The maximum absolute atomic E-state index is 13.0. The number of hydrogen-bond acceptors (Lipinski definition) is 4. The highest BCUT2D eigenvalue weighted by molar-refractivity contribution is 7.91. The first kappa shape index (κ1) is 15.1. The Kier molecular flexibility index (Phi) is 5.71. The molecule has 0 radical (unpaired) electrons. The largest absolute Gasteiger partial charge is 0.383 e. The molecule has 1 aromatic carbocycles. The zero-order valence-corrected chi connectivity index (χ0v) is 11.3. The molecule has 0 saturated carbocycles. The van der Waals surface area contributed by atoms with Crippen LogP contribution in [0, 0.1) is 5.82 Å². The minimum atomic E-state index is -3.51. The second kappa shape index (κ2) is 6.82. The van der Waals surface area contributed by atoms with Gasteiger partial charge >= 0.3 is 0 Å². The second-order valence-corrected chi connectivity index (χ2v) is 5.98. The Morgan fingerprint density at radius 2 is 2.17 bits per heavy atom. The fraction of sp³-hybridized carbons (Fsp3) is 0.500. The van der Waals surface area contributed by atoms with Gasteiger partial charge in [0.1, 0.15) is 5.82 Å². The minimum Gasteiger partial charge on any atom is -0.383 e. The smallest absolute Gasteiger partial charge is 0.180 e. The second-order valence-electron chi connectivity index (χ2n) is 3.95. The Morgan fingerprint density at radius 1 is 1.44 bits per heavy atom. The Labute approximate surface area is 107 Å². The van der Waals surface area contributed by atoms with Crippen molar-refractivity contribution in [3.05, 3.63) is 30.1 Å². The summed E-state index contributed by atoms with van der Waals surface area (Å²) in [5.74, 6) is -0.666. The molecule has 1 N–H and O–H groups in total. The van der Waals surface area contributed by atoms with E-state index in [1.807, 2.05) is 6.92 Å². The summed E-state index contributed by atoms with van der Waals surface area (Å²) in [6.07, 6.45) is 0. The summed E-state index contributed by atoms with van der Waals surface area (Å²) in [6.45, 7) is 2.83. The van der Waals surface area contributed by atoms with Gasteiger partial charge in [0, 0.05) is 13.2 Å². The number of rotatable bonds is 7. The molecule has 6 heteroatoms. The molecule has 0 aliphatic heterocycles. The molecule has 0 amide bonds. The molecule has 0 fully saturated rings. The molecular formula is C12H18FNO3S. The molecule has 18 heavy (non-hydrogen) atoms. The molecule has 4 nitrogen and oxygen atoms in total. The normalized spacial score (nSPS) is 13.5. The topological polar surface area (TPSA) is 55.4 Å². The molecule has 1 atom stereocenters. The van der Waals surface area contributed by atoms with E-state index in [1.54, 1.807) is 0 Å². The zero-order valence-electron chi connectivity index (χ0n) is 10.5. The van der Waals surface area contributed by atoms with Gasteiger partial charge in [-0.1, -0.05) is 13.0 Å². The van der Waals surface area contributed by atoms with Crippen molar-refractivity contribution in [2.75, 3.05) is 26.0 Å². The van der Waals surface area contributed by atoms with E-state index in [0.29, 0.717) is 13.2 Å². The Morgan fingerprint density at radius 3 is 2.72 bits per heavy atom. The molecule has 1 aromatic rings. The van der Waals surface area contributed by atoms with Crippen molar-refractivity contribution in [3.63, 3.8) is 0 Å². The first-order valence-corrected chi connectivity index (χ1v) is 7.35. The van der Waals surface area contributed by atoms with Gasteiger partial charge in [-0.25, -0.2) is 12.8 Å². The zero-order chi connectivity index (χ0) is 13.6. The van der Waals surface area contributed by atoms with E-state index < -0.39 is 15.7 Å². The average molecular weight is 275 g/mol. The number of methoxy groups -OCH3 is 1. The molecule has 102 valence electrons. The highest BCUT2D eigenvalue weighted by atomic mass is 32.2. The Hall–Kier alpha value is -0.980. The number of nitrogens with one attached hydrogen (secondary N) is 1. The van der Waals surface area contributed by atoms with Crippen LogP contribution in [0.2, 0.25) is 0 Å². The van der Waals surface area contributed by atoms with Crippen molar-refractivity contribution in [2.45, 2.75) is 17.9 Å². The lowest BCUT2D eigenvalue weighted by Crippen LogP contribution is -2.39. The Balaban J connectivity index is 2.86. The number of benzene rings is 1. The van der Waals surface area contributed by atoms with Crippen LogP contribution in [0.5, 0.6) is 0 Å². The van der Waals surface area contributed by atoms with Crippen LogP contribution in [-0.4, -0.2) is 40.5 Å².